The fraction of sp³-hybridized carbons (Fsp3) is 0.435. The number of carbonyl (C=O) groups excluding carboxylic acids is 1. The normalized spacial score (nSPS) is 22.7. The Morgan fingerprint density at radius 1 is 1.15 bits per heavy atom. The number of rotatable bonds is 4. The second kappa shape index (κ2) is 7.43. The van der Waals surface area contributed by atoms with Gasteiger partial charge in [0.2, 0.25) is 0 Å². The number of benzene rings is 2. The van der Waals surface area contributed by atoms with Gasteiger partial charge in [0.1, 0.15) is 11.6 Å². The molecule has 3 nitrogen and oxygen atoms in total. The van der Waals surface area contributed by atoms with Crippen LogP contribution >= 0.6 is 0 Å². The summed E-state index contributed by atoms with van der Waals surface area (Å²) in [5.41, 5.74) is 2.54. The zero-order valence-electron chi connectivity index (χ0n) is 15.8. The van der Waals surface area contributed by atoms with Gasteiger partial charge in [0.25, 0.3) is 0 Å². The number of ether oxygens (including phenoxy) is 1. The average Bonchev–Trinajstić information content (AvgIpc) is 2.70. The number of methoxy groups -OCH3 is 1. The van der Waals surface area contributed by atoms with Gasteiger partial charge in [0, 0.05) is 12.1 Å². The molecular formula is C23H26FNO2. The van der Waals surface area contributed by atoms with Crippen LogP contribution < -0.4 is 4.74 Å². The number of aryl methyl sites for hydroxylation is 1. The van der Waals surface area contributed by atoms with E-state index in [2.05, 4.69) is 4.90 Å². The molecule has 142 valence electrons. The van der Waals surface area contributed by atoms with Gasteiger partial charge < -0.3 is 4.74 Å². The molecule has 1 aliphatic carbocycles. The third kappa shape index (κ3) is 3.39. The summed E-state index contributed by atoms with van der Waals surface area (Å²) in [5, 5.41) is 0. The highest BCUT2D eigenvalue weighted by Gasteiger charge is 2.47. The summed E-state index contributed by atoms with van der Waals surface area (Å²) < 4.78 is 18.8. The number of halogens is 1. The van der Waals surface area contributed by atoms with Crippen molar-refractivity contribution in [3.05, 3.63) is 65.0 Å². The van der Waals surface area contributed by atoms with E-state index in [9.17, 15) is 9.18 Å². The summed E-state index contributed by atoms with van der Waals surface area (Å²) >= 11 is 0. The van der Waals surface area contributed by atoms with Crippen molar-refractivity contribution in [1.29, 1.82) is 0 Å². The fourth-order valence-electron chi connectivity index (χ4n) is 4.75. The lowest BCUT2D eigenvalue weighted by Gasteiger charge is -2.48. The first-order valence-corrected chi connectivity index (χ1v) is 9.84. The molecule has 0 saturated carbocycles. The second-order valence-corrected chi connectivity index (χ2v) is 7.71. The van der Waals surface area contributed by atoms with Gasteiger partial charge in [0.05, 0.1) is 12.6 Å². The summed E-state index contributed by atoms with van der Waals surface area (Å²) in [6, 6.07) is 12.6. The number of fused-ring (bicyclic) bond motifs is 1. The summed E-state index contributed by atoms with van der Waals surface area (Å²) in [6.07, 6.45) is 5.65. The number of hydrogen-bond donors (Lipinski definition) is 0. The predicted octanol–water partition coefficient (Wildman–Crippen LogP) is 4.43. The predicted molar refractivity (Wildman–Crippen MR) is 104 cm³/mol. The Labute approximate surface area is 160 Å². The number of likely N-dealkylation sites (tertiary alicyclic amines) is 1. The molecule has 4 heteroatoms. The lowest BCUT2D eigenvalue weighted by atomic mass is 9.71. The molecule has 2 aromatic carbocycles. The minimum Gasteiger partial charge on any atom is -0.497 e. The Kier molecular flexibility index (Phi) is 5.00. The van der Waals surface area contributed by atoms with E-state index in [0.717, 1.165) is 74.1 Å². The molecule has 0 N–H and O–H groups in total. The van der Waals surface area contributed by atoms with Crippen molar-refractivity contribution in [3.8, 4) is 5.75 Å². The quantitative estimate of drug-likeness (QED) is 0.801. The molecule has 1 spiro atoms. The van der Waals surface area contributed by atoms with Gasteiger partial charge in [-0.25, -0.2) is 4.39 Å². The summed E-state index contributed by atoms with van der Waals surface area (Å²) in [7, 11) is 1.66. The van der Waals surface area contributed by atoms with Gasteiger partial charge in [-0.1, -0.05) is 12.1 Å². The van der Waals surface area contributed by atoms with Crippen LogP contribution in [0, 0.1) is 5.82 Å². The molecule has 4 rings (SSSR count). The third-order valence-electron chi connectivity index (χ3n) is 6.22. The van der Waals surface area contributed by atoms with Crippen molar-refractivity contribution in [2.45, 2.75) is 44.1 Å². The van der Waals surface area contributed by atoms with E-state index in [4.69, 9.17) is 4.74 Å². The van der Waals surface area contributed by atoms with Gasteiger partial charge in [-0.2, -0.15) is 0 Å². The molecule has 1 fully saturated rings. The van der Waals surface area contributed by atoms with Gasteiger partial charge in [-0.05, 0) is 86.5 Å². The lowest BCUT2D eigenvalue weighted by molar-refractivity contribution is 0.0298. The van der Waals surface area contributed by atoms with E-state index in [1.165, 1.54) is 6.07 Å². The third-order valence-corrected chi connectivity index (χ3v) is 6.22. The number of hydrogen-bond acceptors (Lipinski definition) is 3. The van der Waals surface area contributed by atoms with Crippen LogP contribution in [0.25, 0.3) is 0 Å². The van der Waals surface area contributed by atoms with E-state index < -0.39 is 5.54 Å². The van der Waals surface area contributed by atoms with Crippen LogP contribution in [0.2, 0.25) is 0 Å². The minimum atomic E-state index is -0.396. The lowest BCUT2D eigenvalue weighted by Crippen LogP contribution is -2.59. The molecule has 27 heavy (non-hydrogen) atoms. The largest absolute Gasteiger partial charge is 0.497 e. The van der Waals surface area contributed by atoms with E-state index in [1.54, 1.807) is 19.2 Å². The van der Waals surface area contributed by atoms with Crippen LogP contribution in [0.5, 0.6) is 5.75 Å². The Hall–Kier alpha value is -2.20. The average molecular weight is 367 g/mol. The number of nitrogens with zero attached hydrogens (tertiary/aromatic N) is 1. The maximum absolute atomic E-state index is 13.5. The SMILES string of the molecule is COc1ccc2c(c1)CC[C@@]1(CCCCN1CCc1cccc(F)c1)C2=O. The molecule has 0 aromatic heterocycles. The van der Waals surface area contributed by atoms with Crippen LogP contribution in [-0.2, 0) is 12.8 Å². The van der Waals surface area contributed by atoms with Crippen LogP contribution in [0.15, 0.2) is 42.5 Å². The van der Waals surface area contributed by atoms with Crippen LogP contribution in [0.3, 0.4) is 0 Å². The molecule has 2 aromatic rings. The standard InChI is InChI=1S/C23H26FNO2/c1-27-20-7-8-21-18(16-20)9-12-23(22(21)26)11-2-3-13-25(23)14-10-17-5-4-6-19(24)15-17/h4-8,15-16H,2-3,9-14H2,1H3/t23-/m0/s1. The maximum atomic E-state index is 13.5. The van der Waals surface area contributed by atoms with E-state index >= 15 is 0 Å². The van der Waals surface area contributed by atoms with Crippen LogP contribution in [-0.4, -0.2) is 36.4 Å². The highest BCUT2D eigenvalue weighted by Crippen LogP contribution is 2.40. The molecule has 0 bridgehead atoms. The zero-order valence-corrected chi connectivity index (χ0v) is 15.8. The smallest absolute Gasteiger partial charge is 0.183 e. The van der Waals surface area contributed by atoms with Crippen molar-refractivity contribution in [1.82, 2.24) is 4.90 Å². The monoisotopic (exact) mass is 367 g/mol. The van der Waals surface area contributed by atoms with Gasteiger partial charge in [-0.15, -0.1) is 0 Å². The van der Waals surface area contributed by atoms with Crippen molar-refractivity contribution in [3.63, 3.8) is 0 Å². The first-order chi connectivity index (χ1) is 13.1. The molecule has 2 aliphatic rings. The van der Waals surface area contributed by atoms with E-state index in [1.807, 2.05) is 24.3 Å². The van der Waals surface area contributed by atoms with Crippen molar-refractivity contribution in [2.75, 3.05) is 20.2 Å². The molecule has 1 saturated heterocycles. The van der Waals surface area contributed by atoms with Gasteiger partial charge in [0.15, 0.2) is 5.78 Å². The Balaban J connectivity index is 1.58. The van der Waals surface area contributed by atoms with Crippen molar-refractivity contribution in [2.24, 2.45) is 0 Å². The molecule has 1 heterocycles. The highest BCUT2D eigenvalue weighted by molar-refractivity contribution is 6.05. The summed E-state index contributed by atoms with van der Waals surface area (Å²) in [6.45, 7) is 1.73. The first kappa shape index (κ1) is 18.2. The molecule has 1 aliphatic heterocycles. The fourth-order valence-corrected chi connectivity index (χ4v) is 4.75. The maximum Gasteiger partial charge on any atom is 0.183 e. The molecule has 0 amide bonds. The Morgan fingerprint density at radius 2 is 2.04 bits per heavy atom. The van der Waals surface area contributed by atoms with Crippen LogP contribution in [0.4, 0.5) is 4.39 Å². The van der Waals surface area contributed by atoms with Crippen molar-refractivity contribution >= 4 is 5.78 Å². The number of ketones is 1. The zero-order chi connectivity index (χ0) is 18.9. The first-order valence-electron chi connectivity index (χ1n) is 9.84. The highest BCUT2D eigenvalue weighted by atomic mass is 19.1. The topological polar surface area (TPSA) is 29.5 Å². The second-order valence-electron chi connectivity index (χ2n) is 7.71. The summed E-state index contributed by atoms with van der Waals surface area (Å²) in [5.74, 6) is 0.868. The number of carbonyl (C=O) groups is 1. The summed E-state index contributed by atoms with van der Waals surface area (Å²) in [4.78, 5) is 15.9. The molecular weight excluding hydrogens is 341 g/mol. The Bertz CT molecular complexity index is 850. The van der Waals surface area contributed by atoms with Gasteiger partial charge in [-0.3, -0.25) is 9.69 Å². The van der Waals surface area contributed by atoms with Gasteiger partial charge >= 0.3 is 0 Å². The number of piperidine rings is 1. The molecule has 0 unspecified atom stereocenters. The van der Waals surface area contributed by atoms with Crippen molar-refractivity contribution < 1.29 is 13.9 Å². The van der Waals surface area contributed by atoms with Crippen LogP contribution in [0.1, 0.15) is 47.2 Å². The minimum absolute atomic E-state index is 0.197. The molecule has 0 radical (unpaired) electrons. The number of Topliss-reactive ketones (excluding diaryl/α,β-unsaturated/α-hetero) is 1. The van der Waals surface area contributed by atoms with E-state index in [-0.39, 0.29) is 11.6 Å². The Morgan fingerprint density at radius 3 is 2.85 bits per heavy atom. The molecule has 1 atom stereocenters. The van der Waals surface area contributed by atoms with E-state index in [0.29, 0.717) is 0 Å².